The molecule has 1 aromatic rings. The summed E-state index contributed by atoms with van der Waals surface area (Å²) in [4.78, 5) is 17.9. The van der Waals surface area contributed by atoms with E-state index in [1.165, 1.54) is 0 Å². The third-order valence-corrected chi connectivity index (χ3v) is 3.20. The van der Waals surface area contributed by atoms with Crippen molar-refractivity contribution in [3.8, 4) is 0 Å². The number of anilines is 1. The second-order valence-corrected chi connectivity index (χ2v) is 4.29. The maximum absolute atomic E-state index is 12.2. The van der Waals surface area contributed by atoms with Gasteiger partial charge in [-0.3, -0.25) is 4.79 Å². The quantitative estimate of drug-likeness (QED) is 0.827. The summed E-state index contributed by atoms with van der Waals surface area (Å²) in [5.41, 5.74) is 6.48. The summed E-state index contributed by atoms with van der Waals surface area (Å²) in [6.07, 6.45) is 2.50. The zero-order chi connectivity index (χ0) is 12.4. The number of nitrogens with zero attached hydrogens (tertiary/aromatic N) is 2. The van der Waals surface area contributed by atoms with Crippen molar-refractivity contribution in [1.29, 1.82) is 0 Å². The molecule has 1 aromatic heterocycles. The van der Waals surface area contributed by atoms with Gasteiger partial charge < -0.3 is 15.4 Å². The lowest BCUT2D eigenvalue weighted by atomic mass is 10.1. The van der Waals surface area contributed by atoms with Crippen molar-refractivity contribution < 1.29 is 9.53 Å². The van der Waals surface area contributed by atoms with Crippen molar-refractivity contribution in [1.82, 2.24) is 9.88 Å². The van der Waals surface area contributed by atoms with Crippen LogP contribution in [0.4, 0.5) is 5.69 Å². The zero-order valence-electron chi connectivity index (χ0n) is 10.1. The maximum Gasteiger partial charge on any atom is 0.274 e. The Kier molecular flexibility index (Phi) is 3.28. The molecule has 0 radical (unpaired) electrons. The highest BCUT2D eigenvalue weighted by atomic mass is 16.5. The molecule has 5 heteroatoms. The lowest BCUT2D eigenvalue weighted by Crippen LogP contribution is -2.41. The predicted molar refractivity (Wildman–Crippen MR) is 64.6 cm³/mol. The summed E-state index contributed by atoms with van der Waals surface area (Å²) in [6.45, 7) is 2.67. The van der Waals surface area contributed by atoms with Gasteiger partial charge in [0.05, 0.1) is 17.8 Å². The number of aromatic nitrogens is 1. The lowest BCUT2D eigenvalue weighted by molar-refractivity contribution is 0.0571. The maximum atomic E-state index is 12.2. The Morgan fingerprint density at radius 3 is 3.00 bits per heavy atom. The van der Waals surface area contributed by atoms with Gasteiger partial charge in [0.25, 0.3) is 5.91 Å². The standard InChI is InChI=1S/C12H17N3O2/c1-8-10(5-7-17-8)15(2)12(16)11-9(13)4-3-6-14-11/h3-4,6,8,10H,5,7,13H2,1-2H3. The molecule has 1 aliphatic rings. The SMILES string of the molecule is CC1OCCC1N(C)C(=O)c1ncccc1N. The molecule has 0 aliphatic carbocycles. The highest BCUT2D eigenvalue weighted by Gasteiger charge is 2.31. The number of hydrogen-bond acceptors (Lipinski definition) is 4. The molecule has 2 N–H and O–H groups in total. The molecule has 0 aromatic carbocycles. The molecular formula is C12H17N3O2. The molecule has 92 valence electrons. The summed E-state index contributed by atoms with van der Waals surface area (Å²) >= 11 is 0. The molecule has 2 unspecified atom stereocenters. The number of hydrogen-bond donors (Lipinski definition) is 1. The van der Waals surface area contributed by atoms with Gasteiger partial charge in [0.1, 0.15) is 0 Å². The Labute approximate surface area is 101 Å². The first-order valence-electron chi connectivity index (χ1n) is 5.70. The van der Waals surface area contributed by atoms with Gasteiger partial charge in [-0.15, -0.1) is 0 Å². The van der Waals surface area contributed by atoms with Crippen LogP contribution in [0.15, 0.2) is 18.3 Å². The van der Waals surface area contributed by atoms with Gasteiger partial charge >= 0.3 is 0 Å². The summed E-state index contributed by atoms with van der Waals surface area (Å²) in [5.74, 6) is -0.148. The predicted octanol–water partition coefficient (Wildman–Crippen LogP) is 0.913. The van der Waals surface area contributed by atoms with Gasteiger partial charge in [0, 0.05) is 19.9 Å². The van der Waals surface area contributed by atoms with E-state index in [1.807, 2.05) is 6.92 Å². The molecule has 1 amide bonds. The van der Waals surface area contributed by atoms with Gasteiger partial charge in [-0.25, -0.2) is 4.98 Å². The highest BCUT2D eigenvalue weighted by molar-refractivity contribution is 5.97. The minimum absolute atomic E-state index is 0.0638. The minimum atomic E-state index is -0.148. The molecule has 0 saturated carbocycles. The van der Waals surface area contributed by atoms with Gasteiger partial charge in [0.2, 0.25) is 0 Å². The molecule has 17 heavy (non-hydrogen) atoms. The zero-order valence-corrected chi connectivity index (χ0v) is 10.1. The van der Waals surface area contributed by atoms with E-state index in [2.05, 4.69) is 4.98 Å². The first-order chi connectivity index (χ1) is 8.11. The number of pyridine rings is 1. The lowest BCUT2D eigenvalue weighted by Gasteiger charge is -2.26. The van der Waals surface area contributed by atoms with E-state index in [0.29, 0.717) is 18.0 Å². The van der Waals surface area contributed by atoms with Crippen LogP contribution in [0, 0.1) is 0 Å². The van der Waals surface area contributed by atoms with Gasteiger partial charge in [-0.05, 0) is 25.5 Å². The van der Waals surface area contributed by atoms with Crippen LogP contribution in [0.1, 0.15) is 23.8 Å². The van der Waals surface area contributed by atoms with Crippen LogP contribution < -0.4 is 5.73 Å². The molecule has 1 saturated heterocycles. The average molecular weight is 235 g/mol. The van der Waals surface area contributed by atoms with Crippen LogP contribution in [0.5, 0.6) is 0 Å². The Morgan fingerprint density at radius 2 is 2.41 bits per heavy atom. The molecule has 2 rings (SSSR count). The molecule has 5 nitrogen and oxygen atoms in total. The van der Waals surface area contributed by atoms with E-state index < -0.39 is 0 Å². The Hall–Kier alpha value is -1.62. The summed E-state index contributed by atoms with van der Waals surface area (Å²) in [6, 6.07) is 3.50. The number of carbonyl (C=O) groups excluding carboxylic acids is 1. The van der Waals surface area contributed by atoms with E-state index >= 15 is 0 Å². The fraction of sp³-hybridized carbons (Fsp3) is 0.500. The summed E-state index contributed by atoms with van der Waals surface area (Å²) in [5, 5.41) is 0. The van der Waals surface area contributed by atoms with Crippen molar-refractivity contribution >= 4 is 11.6 Å². The number of likely N-dealkylation sites (N-methyl/N-ethyl adjacent to an activating group) is 1. The van der Waals surface area contributed by atoms with E-state index in [-0.39, 0.29) is 18.1 Å². The topological polar surface area (TPSA) is 68.5 Å². The van der Waals surface area contributed by atoms with Gasteiger partial charge in [-0.1, -0.05) is 0 Å². The fourth-order valence-electron chi connectivity index (χ4n) is 2.14. The van der Waals surface area contributed by atoms with E-state index in [9.17, 15) is 4.79 Å². The molecular weight excluding hydrogens is 218 g/mol. The van der Waals surface area contributed by atoms with Crippen LogP contribution >= 0.6 is 0 Å². The van der Waals surface area contributed by atoms with Gasteiger partial charge in [-0.2, -0.15) is 0 Å². The monoisotopic (exact) mass is 235 g/mol. The molecule has 1 aliphatic heterocycles. The van der Waals surface area contributed by atoms with Crippen molar-refractivity contribution in [2.45, 2.75) is 25.5 Å². The number of nitrogen functional groups attached to an aromatic ring is 1. The van der Waals surface area contributed by atoms with E-state index in [1.54, 1.807) is 30.3 Å². The minimum Gasteiger partial charge on any atom is -0.397 e. The van der Waals surface area contributed by atoms with Crippen LogP contribution in [0.2, 0.25) is 0 Å². The fourth-order valence-corrected chi connectivity index (χ4v) is 2.14. The first kappa shape index (κ1) is 11.9. The van der Waals surface area contributed by atoms with Crippen LogP contribution in [0.25, 0.3) is 0 Å². The van der Waals surface area contributed by atoms with Crippen molar-refractivity contribution in [3.05, 3.63) is 24.0 Å². The smallest absolute Gasteiger partial charge is 0.274 e. The van der Waals surface area contributed by atoms with E-state index in [0.717, 1.165) is 6.42 Å². The van der Waals surface area contributed by atoms with Crippen LogP contribution in [-0.2, 0) is 4.74 Å². The second-order valence-electron chi connectivity index (χ2n) is 4.29. The first-order valence-corrected chi connectivity index (χ1v) is 5.70. The number of carbonyl (C=O) groups is 1. The third kappa shape index (κ3) is 2.24. The number of rotatable bonds is 2. The van der Waals surface area contributed by atoms with Crippen LogP contribution in [0.3, 0.4) is 0 Å². The van der Waals surface area contributed by atoms with Crippen molar-refractivity contribution in [2.24, 2.45) is 0 Å². The largest absolute Gasteiger partial charge is 0.397 e. The third-order valence-electron chi connectivity index (χ3n) is 3.20. The van der Waals surface area contributed by atoms with E-state index in [4.69, 9.17) is 10.5 Å². The van der Waals surface area contributed by atoms with Gasteiger partial charge in [0.15, 0.2) is 5.69 Å². The van der Waals surface area contributed by atoms with Crippen molar-refractivity contribution in [3.63, 3.8) is 0 Å². The second kappa shape index (κ2) is 4.71. The van der Waals surface area contributed by atoms with Crippen LogP contribution in [-0.4, -0.2) is 41.6 Å². The van der Waals surface area contributed by atoms with Crippen molar-refractivity contribution in [2.75, 3.05) is 19.4 Å². The normalized spacial score (nSPS) is 23.6. The molecule has 0 spiro atoms. The molecule has 0 bridgehead atoms. The molecule has 1 fully saturated rings. The average Bonchev–Trinajstić information content (AvgIpc) is 2.74. The Balaban J connectivity index is 2.17. The number of amides is 1. The number of nitrogens with two attached hydrogens (primary N) is 1. The Morgan fingerprint density at radius 1 is 1.65 bits per heavy atom. The Bertz CT molecular complexity index is 422. The highest BCUT2D eigenvalue weighted by Crippen LogP contribution is 2.20. The molecule has 2 atom stereocenters. The summed E-state index contributed by atoms with van der Waals surface area (Å²) in [7, 11) is 1.77. The number of ether oxygens (including phenoxy) is 1. The molecule has 2 heterocycles. The summed E-state index contributed by atoms with van der Waals surface area (Å²) < 4.78 is 5.46.